The van der Waals surface area contributed by atoms with Gasteiger partial charge in [0.25, 0.3) is 5.91 Å². The second-order valence-electron chi connectivity index (χ2n) is 6.44. The van der Waals surface area contributed by atoms with Gasteiger partial charge < -0.3 is 10.6 Å². The van der Waals surface area contributed by atoms with Crippen LogP contribution in [0.5, 0.6) is 0 Å². The third kappa shape index (κ3) is 5.91. The number of rotatable bonds is 5. The molecule has 4 nitrogen and oxygen atoms in total. The molecule has 0 atom stereocenters. The van der Waals surface area contributed by atoms with Crippen LogP contribution < -0.4 is 10.6 Å². The van der Waals surface area contributed by atoms with E-state index in [-0.39, 0.29) is 11.4 Å². The predicted octanol–water partition coefficient (Wildman–Crippen LogP) is 3.92. The first-order valence-electron chi connectivity index (χ1n) is 7.60. The van der Waals surface area contributed by atoms with E-state index in [0.29, 0.717) is 5.69 Å². The Kier molecular flexibility index (Phi) is 5.61. The highest BCUT2D eigenvalue weighted by Crippen LogP contribution is 2.12. The molecule has 122 valence electrons. The Morgan fingerprint density at radius 1 is 1.17 bits per heavy atom. The van der Waals surface area contributed by atoms with Gasteiger partial charge in [0.15, 0.2) is 0 Å². The zero-order valence-electron chi connectivity index (χ0n) is 13.7. The average Bonchev–Trinajstić information content (AvgIpc) is 2.48. The Bertz CT molecular complexity index is 663. The fourth-order valence-corrected chi connectivity index (χ4v) is 2.20. The molecule has 0 saturated carbocycles. The average molecular weight is 332 g/mol. The number of nitrogens with zero attached hydrogens (tertiary/aromatic N) is 1. The van der Waals surface area contributed by atoms with Crippen LogP contribution >= 0.6 is 11.6 Å². The molecule has 0 bridgehead atoms. The molecule has 1 aromatic heterocycles. The minimum absolute atomic E-state index is 0.168. The lowest BCUT2D eigenvalue weighted by atomic mass is 10.1. The lowest BCUT2D eigenvalue weighted by Crippen LogP contribution is -2.40. The lowest BCUT2D eigenvalue weighted by molar-refractivity contribution is 0.0914. The van der Waals surface area contributed by atoms with E-state index in [1.165, 1.54) is 5.56 Å². The molecule has 0 spiro atoms. The molecule has 0 aliphatic heterocycles. The summed E-state index contributed by atoms with van der Waals surface area (Å²) in [6, 6.07) is 11.4. The van der Waals surface area contributed by atoms with Crippen LogP contribution in [0.25, 0.3) is 0 Å². The molecule has 0 aliphatic carbocycles. The van der Waals surface area contributed by atoms with Gasteiger partial charge in [0, 0.05) is 29.0 Å². The van der Waals surface area contributed by atoms with Gasteiger partial charge in [0.1, 0.15) is 5.69 Å². The van der Waals surface area contributed by atoms with Gasteiger partial charge in [-0.3, -0.25) is 9.78 Å². The van der Waals surface area contributed by atoms with Crippen LogP contribution in [0.15, 0.2) is 42.6 Å². The molecule has 2 aromatic rings. The fraction of sp³-hybridized carbons (Fsp3) is 0.333. The van der Waals surface area contributed by atoms with Crippen LogP contribution in [0, 0.1) is 0 Å². The molecule has 0 aliphatic rings. The highest BCUT2D eigenvalue weighted by molar-refractivity contribution is 6.30. The van der Waals surface area contributed by atoms with E-state index in [4.69, 9.17) is 11.6 Å². The summed E-state index contributed by atoms with van der Waals surface area (Å²) in [6.07, 6.45) is 2.52. The number of halogens is 1. The molecule has 0 saturated heterocycles. The maximum Gasteiger partial charge on any atom is 0.270 e. The Balaban J connectivity index is 1.92. The van der Waals surface area contributed by atoms with E-state index >= 15 is 0 Å². The Morgan fingerprint density at radius 2 is 1.87 bits per heavy atom. The summed E-state index contributed by atoms with van der Waals surface area (Å²) in [4.78, 5) is 16.3. The summed E-state index contributed by atoms with van der Waals surface area (Å²) < 4.78 is 0. The van der Waals surface area contributed by atoms with E-state index < -0.39 is 0 Å². The maximum absolute atomic E-state index is 12.1. The fourth-order valence-electron chi connectivity index (χ4n) is 2.07. The number of nitrogens with one attached hydrogen (secondary N) is 2. The smallest absolute Gasteiger partial charge is 0.270 e. The second-order valence-corrected chi connectivity index (χ2v) is 6.87. The monoisotopic (exact) mass is 331 g/mol. The van der Waals surface area contributed by atoms with Crippen LogP contribution in [0.4, 0.5) is 5.69 Å². The summed E-state index contributed by atoms with van der Waals surface area (Å²) in [7, 11) is 0. The Hall–Kier alpha value is -2.07. The second kappa shape index (κ2) is 7.47. The van der Waals surface area contributed by atoms with Crippen molar-refractivity contribution in [2.24, 2.45) is 0 Å². The third-order valence-electron chi connectivity index (χ3n) is 3.14. The molecular weight excluding hydrogens is 310 g/mol. The van der Waals surface area contributed by atoms with Crippen molar-refractivity contribution in [3.63, 3.8) is 0 Å². The Labute approximate surface area is 142 Å². The van der Waals surface area contributed by atoms with Crippen LogP contribution in [-0.2, 0) is 6.42 Å². The molecular formula is C18H22ClN3O. The van der Waals surface area contributed by atoms with Gasteiger partial charge in [-0.2, -0.15) is 0 Å². The van der Waals surface area contributed by atoms with Crippen molar-refractivity contribution in [1.82, 2.24) is 10.3 Å². The van der Waals surface area contributed by atoms with Gasteiger partial charge in [-0.05, 0) is 57.0 Å². The molecule has 1 amide bonds. The van der Waals surface area contributed by atoms with Crippen LogP contribution in [-0.4, -0.2) is 23.0 Å². The van der Waals surface area contributed by atoms with Crippen LogP contribution in [0.2, 0.25) is 5.02 Å². The number of amides is 1. The number of benzene rings is 1. The number of pyridine rings is 1. The first-order valence-corrected chi connectivity index (χ1v) is 7.98. The normalized spacial score (nSPS) is 11.1. The Morgan fingerprint density at radius 3 is 2.52 bits per heavy atom. The van der Waals surface area contributed by atoms with Gasteiger partial charge in [-0.1, -0.05) is 23.7 Å². The van der Waals surface area contributed by atoms with Gasteiger partial charge in [-0.25, -0.2) is 0 Å². The van der Waals surface area contributed by atoms with Crippen LogP contribution in [0.1, 0.15) is 36.8 Å². The summed E-state index contributed by atoms with van der Waals surface area (Å²) >= 11 is 5.87. The van der Waals surface area contributed by atoms with Crippen molar-refractivity contribution in [3.8, 4) is 0 Å². The van der Waals surface area contributed by atoms with Crippen molar-refractivity contribution in [2.45, 2.75) is 32.7 Å². The van der Waals surface area contributed by atoms with Gasteiger partial charge in [0.05, 0.1) is 0 Å². The van der Waals surface area contributed by atoms with E-state index in [0.717, 1.165) is 23.7 Å². The molecule has 5 heteroatoms. The van der Waals surface area contributed by atoms with E-state index in [9.17, 15) is 4.79 Å². The van der Waals surface area contributed by atoms with Gasteiger partial charge in [0.2, 0.25) is 0 Å². The minimum atomic E-state index is -0.281. The van der Waals surface area contributed by atoms with Gasteiger partial charge in [-0.15, -0.1) is 0 Å². The quantitative estimate of drug-likeness (QED) is 0.873. The summed E-state index contributed by atoms with van der Waals surface area (Å²) in [5.41, 5.74) is 2.22. The number of carbonyl (C=O) groups excluding carboxylic acids is 1. The number of hydrogen-bond acceptors (Lipinski definition) is 3. The summed E-state index contributed by atoms with van der Waals surface area (Å²) in [6.45, 7) is 6.60. The lowest BCUT2D eigenvalue weighted by Gasteiger charge is -2.20. The SMILES string of the molecule is CC(C)(C)NC(=O)c1cc(NCCc2ccc(Cl)cc2)ccn1. The largest absolute Gasteiger partial charge is 0.385 e. The first-order chi connectivity index (χ1) is 10.8. The zero-order valence-corrected chi connectivity index (χ0v) is 14.4. The number of carbonyl (C=O) groups is 1. The van der Waals surface area contributed by atoms with Crippen molar-refractivity contribution < 1.29 is 4.79 Å². The maximum atomic E-state index is 12.1. The van der Waals surface area contributed by atoms with E-state index in [1.54, 1.807) is 12.3 Å². The number of aromatic nitrogens is 1. The van der Waals surface area contributed by atoms with Crippen molar-refractivity contribution in [1.29, 1.82) is 0 Å². The summed E-state index contributed by atoms with van der Waals surface area (Å²) in [5.74, 6) is -0.168. The van der Waals surface area contributed by atoms with Gasteiger partial charge >= 0.3 is 0 Å². The molecule has 2 N–H and O–H groups in total. The molecule has 23 heavy (non-hydrogen) atoms. The number of anilines is 1. The minimum Gasteiger partial charge on any atom is -0.385 e. The standard InChI is InChI=1S/C18H22ClN3O/c1-18(2,3)22-17(23)16-12-15(9-11-21-16)20-10-8-13-4-6-14(19)7-5-13/h4-7,9,11-12H,8,10H2,1-3H3,(H,20,21)(H,22,23). The van der Waals surface area contributed by atoms with Crippen molar-refractivity contribution in [2.75, 3.05) is 11.9 Å². The zero-order chi connectivity index (χ0) is 16.9. The topological polar surface area (TPSA) is 54.0 Å². The number of hydrogen-bond donors (Lipinski definition) is 2. The third-order valence-corrected chi connectivity index (χ3v) is 3.39. The predicted molar refractivity (Wildman–Crippen MR) is 95.1 cm³/mol. The highest BCUT2D eigenvalue weighted by atomic mass is 35.5. The highest BCUT2D eigenvalue weighted by Gasteiger charge is 2.16. The summed E-state index contributed by atoms with van der Waals surface area (Å²) in [5, 5.41) is 6.96. The van der Waals surface area contributed by atoms with Crippen LogP contribution in [0.3, 0.4) is 0 Å². The van der Waals surface area contributed by atoms with Crippen molar-refractivity contribution in [3.05, 3.63) is 58.9 Å². The van der Waals surface area contributed by atoms with E-state index in [1.807, 2.05) is 51.1 Å². The molecule has 0 fully saturated rings. The molecule has 2 rings (SSSR count). The van der Waals surface area contributed by atoms with E-state index in [2.05, 4.69) is 15.6 Å². The molecule has 1 aromatic carbocycles. The molecule has 0 unspecified atom stereocenters. The molecule has 0 radical (unpaired) electrons. The molecule has 1 heterocycles. The van der Waals surface area contributed by atoms with Crippen molar-refractivity contribution >= 4 is 23.2 Å². The first kappa shape index (κ1) is 17.3.